The highest BCUT2D eigenvalue weighted by atomic mass is 79.9. The van der Waals surface area contributed by atoms with Crippen molar-refractivity contribution in [2.45, 2.75) is 45.7 Å². The first kappa shape index (κ1) is 14.3. The largest absolute Gasteiger partial charge is 0.352 e. The van der Waals surface area contributed by atoms with E-state index in [2.05, 4.69) is 35.1 Å². The van der Waals surface area contributed by atoms with E-state index in [1.807, 2.05) is 0 Å². The highest BCUT2D eigenvalue weighted by Gasteiger charge is 2.31. The molecule has 1 amide bonds. The molecule has 1 N–H and O–H groups in total. The van der Waals surface area contributed by atoms with E-state index in [1.165, 1.54) is 10.6 Å². The smallest absolute Gasteiger partial charge is 0.251 e. The van der Waals surface area contributed by atoms with Crippen LogP contribution in [0.25, 0.3) is 0 Å². The first-order valence-electron chi connectivity index (χ1n) is 6.51. The minimum absolute atomic E-state index is 0.0786. The van der Waals surface area contributed by atoms with Crippen LogP contribution in [-0.4, -0.2) is 16.5 Å². The minimum atomic E-state index is -0.162. The molecule has 5 heteroatoms. The molecule has 4 nitrogen and oxygen atoms in total. The number of amides is 1. The topological polar surface area (TPSA) is 51.1 Å². The average molecular weight is 327 g/mol. The summed E-state index contributed by atoms with van der Waals surface area (Å²) in [6.07, 6.45) is 4.80. The highest BCUT2D eigenvalue weighted by molar-refractivity contribution is 9.10. The number of hydrogen-bond donors (Lipinski definition) is 1. The van der Waals surface area contributed by atoms with Gasteiger partial charge >= 0.3 is 0 Å². The summed E-state index contributed by atoms with van der Waals surface area (Å²) in [5.41, 5.74) is 0.148. The van der Waals surface area contributed by atoms with Crippen molar-refractivity contribution in [1.82, 2.24) is 9.88 Å². The van der Waals surface area contributed by atoms with Crippen LogP contribution in [0.3, 0.4) is 0 Å². The highest BCUT2D eigenvalue weighted by Crippen LogP contribution is 2.36. The van der Waals surface area contributed by atoms with Gasteiger partial charge < -0.3 is 9.88 Å². The van der Waals surface area contributed by atoms with Crippen LogP contribution in [0.5, 0.6) is 0 Å². The normalized spacial score (nSPS) is 21.3. The molecule has 0 radical (unpaired) electrons. The van der Waals surface area contributed by atoms with Gasteiger partial charge in [-0.2, -0.15) is 0 Å². The van der Waals surface area contributed by atoms with Gasteiger partial charge in [0.2, 0.25) is 5.91 Å². The Morgan fingerprint density at radius 1 is 1.53 bits per heavy atom. The van der Waals surface area contributed by atoms with E-state index in [-0.39, 0.29) is 24.1 Å². The monoisotopic (exact) mass is 326 g/mol. The fourth-order valence-corrected chi connectivity index (χ4v) is 2.99. The van der Waals surface area contributed by atoms with E-state index in [9.17, 15) is 9.59 Å². The molecule has 0 aromatic carbocycles. The molecule has 0 spiro atoms. The molecule has 1 aliphatic rings. The molecule has 1 aliphatic carbocycles. The fourth-order valence-electron chi connectivity index (χ4n) is 2.61. The summed E-state index contributed by atoms with van der Waals surface area (Å²) in [6, 6.07) is 3.37. The summed E-state index contributed by atoms with van der Waals surface area (Å²) in [6.45, 7) is 4.52. The standard InChI is InChI=1S/C14H19BrN2O2/c1-14(2)6-5-11(7-14)16-12(18)9-17-8-10(15)3-4-13(17)19/h3-4,8,11H,5-7,9H2,1-2H3,(H,16,18). The molecule has 2 rings (SSSR count). The molecular formula is C14H19BrN2O2. The Balaban J connectivity index is 1.95. The zero-order valence-electron chi connectivity index (χ0n) is 11.3. The molecule has 104 valence electrons. The lowest BCUT2D eigenvalue weighted by Gasteiger charge is -2.18. The fraction of sp³-hybridized carbons (Fsp3) is 0.571. The minimum Gasteiger partial charge on any atom is -0.352 e. The number of carbonyl (C=O) groups is 1. The number of carbonyl (C=O) groups excluding carboxylic acids is 1. The van der Waals surface area contributed by atoms with Gasteiger partial charge in [0.25, 0.3) is 5.56 Å². The molecule has 1 atom stereocenters. The van der Waals surface area contributed by atoms with Gasteiger partial charge in [0.15, 0.2) is 0 Å². The summed E-state index contributed by atoms with van der Waals surface area (Å²) < 4.78 is 2.21. The maximum absolute atomic E-state index is 12.0. The van der Waals surface area contributed by atoms with Crippen molar-refractivity contribution < 1.29 is 4.79 Å². The summed E-state index contributed by atoms with van der Waals surface area (Å²) in [5, 5.41) is 3.02. The van der Waals surface area contributed by atoms with Gasteiger partial charge in [-0.25, -0.2) is 0 Å². The number of pyridine rings is 1. The summed E-state index contributed by atoms with van der Waals surface area (Å²) in [4.78, 5) is 23.6. The SMILES string of the molecule is CC1(C)CCC(NC(=O)Cn2cc(Br)ccc2=O)C1. The van der Waals surface area contributed by atoms with Crippen molar-refractivity contribution in [2.75, 3.05) is 0 Å². The van der Waals surface area contributed by atoms with Gasteiger partial charge in [-0.3, -0.25) is 9.59 Å². The van der Waals surface area contributed by atoms with Crippen molar-refractivity contribution in [1.29, 1.82) is 0 Å². The Morgan fingerprint density at radius 3 is 2.89 bits per heavy atom. The molecule has 19 heavy (non-hydrogen) atoms. The third kappa shape index (κ3) is 3.93. The summed E-state index contributed by atoms with van der Waals surface area (Å²) in [7, 11) is 0. The van der Waals surface area contributed by atoms with Crippen LogP contribution in [0.1, 0.15) is 33.1 Å². The van der Waals surface area contributed by atoms with Crippen LogP contribution < -0.4 is 10.9 Å². The number of nitrogens with zero attached hydrogens (tertiary/aromatic N) is 1. The number of aromatic nitrogens is 1. The van der Waals surface area contributed by atoms with E-state index in [4.69, 9.17) is 0 Å². The van der Waals surface area contributed by atoms with Crippen LogP contribution in [-0.2, 0) is 11.3 Å². The van der Waals surface area contributed by atoms with Gasteiger partial charge in [-0.1, -0.05) is 13.8 Å². The van der Waals surface area contributed by atoms with E-state index >= 15 is 0 Å². The van der Waals surface area contributed by atoms with E-state index in [0.717, 1.165) is 23.7 Å². The van der Waals surface area contributed by atoms with Gasteiger partial charge in [0.1, 0.15) is 6.54 Å². The molecule has 1 unspecified atom stereocenters. The molecule has 0 saturated heterocycles. The second-order valence-corrected chi connectivity index (χ2v) is 6.90. The van der Waals surface area contributed by atoms with Crippen molar-refractivity contribution in [3.63, 3.8) is 0 Å². The Morgan fingerprint density at radius 2 is 2.26 bits per heavy atom. The second-order valence-electron chi connectivity index (χ2n) is 5.98. The first-order valence-corrected chi connectivity index (χ1v) is 7.30. The zero-order chi connectivity index (χ0) is 14.0. The average Bonchev–Trinajstić information content (AvgIpc) is 2.63. The van der Waals surface area contributed by atoms with Crippen LogP contribution in [0.4, 0.5) is 0 Å². The lowest BCUT2D eigenvalue weighted by atomic mass is 9.92. The third-order valence-corrected chi connectivity index (χ3v) is 4.06. The summed E-state index contributed by atoms with van der Waals surface area (Å²) in [5.74, 6) is -0.0945. The number of halogens is 1. The molecule has 1 heterocycles. The maximum Gasteiger partial charge on any atom is 0.251 e. The zero-order valence-corrected chi connectivity index (χ0v) is 12.9. The van der Waals surface area contributed by atoms with Crippen molar-refractivity contribution in [3.8, 4) is 0 Å². The third-order valence-electron chi connectivity index (χ3n) is 3.59. The molecule has 1 saturated carbocycles. The first-order chi connectivity index (χ1) is 8.85. The van der Waals surface area contributed by atoms with E-state index in [0.29, 0.717) is 5.41 Å². The van der Waals surface area contributed by atoms with Gasteiger partial charge in [-0.05, 0) is 46.7 Å². The molecule has 0 bridgehead atoms. The van der Waals surface area contributed by atoms with Crippen LogP contribution in [0.15, 0.2) is 27.6 Å². The summed E-state index contributed by atoms with van der Waals surface area (Å²) >= 11 is 3.30. The Labute approximate surface area is 121 Å². The van der Waals surface area contributed by atoms with Crippen molar-refractivity contribution in [3.05, 3.63) is 33.2 Å². The molecule has 1 aromatic rings. The predicted octanol–water partition coefficient (Wildman–Crippen LogP) is 2.31. The van der Waals surface area contributed by atoms with Crippen LogP contribution in [0.2, 0.25) is 0 Å². The quantitative estimate of drug-likeness (QED) is 0.926. The van der Waals surface area contributed by atoms with E-state index < -0.39 is 0 Å². The lowest BCUT2D eigenvalue weighted by molar-refractivity contribution is -0.122. The number of rotatable bonds is 3. The molecule has 0 aliphatic heterocycles. The van der Waals surface area contributed by atoms with Gasteiger partial charge in [-0.15, -0.1) is 0 Å². The Hall–Kier alpha value is -1.10. The molecule has 1 aromatic heterocycles. The maximum atomic E-state index is 12.0. The van der Waals surface area contributed by atoms with Gasteiger partial charge in [0, 0.05) is 22.8 Å². The van der Waals surface area contributed by atoms with Crippen molar-refractivity contribution in [2.24, 2.45) is 5.41 Å². The van der Waals surface area contributed by atoms with Crippen LogP contribution in [0, 0.1) is 5.41 Å². The predicted molar refractivity (Wildman–Crippen MR) is 78.0 cm³/mol. The molecular weight excluding hydrogens is 308 g/mol. The molecule has 1 fully saturated rings. The second kappa shape index (κ2) is 5.49. The lowest BCUT2D eigenvalue weighted by Crippen LogP contribution is -2.37. The van der Waals surface area contributed by atoms with Gasteiger partial charge in [0.05, 0.1) is 0 Å². The van der Waals surface area contributed by atoms with Crippen molar-refractivity contribution >= 4 is 21.8 Å². The Kier molecular flexibility index (Phi) is 4.13. The number of nitrogens with one attached hydrogen (secondary N) is 1. The number of hydrogen-bond acceptors (Lipinski definition) is 2. The van der Waals surface area contributed by atoms with Crippen LogP contribution >= 0.6 is 15.9 Å². The Bertz CT molecular complexity index is 536. The van der Waals surface area contributed by atoms with E-state index in [1.54, 1.807) is 12.3 Å².